The predicted molar refractivity (Wildman–Crippen MR) is 94.6 cm³/mol. The summed E-state index contributed by atoms with van der Waals surface area (Å²) < 4.78 is 1.95. The lowest BCUT2D eigenvalue weighted by Gasteiger charge is -2.33. The molecule has 4 heterocycles. The Balaban J connectivity index is 1.42. The number of aromatic nitrogens is 4. The van der Waals surface area contributed by atoms with Crippen LogP contribution in [0.5, 0.6) is 0 Å². The van der Waals surface area contributed by atoms with Gasteiger partial charge in [-0.3, -0.25) is 9.36 Å². The van der Waals surface area contributed by atoms with E-state index in [4.69, 9.17) is 0 Å². The van der Waals surface area contributed by atoms with E-state index in [1.54, 1.807) is 12.5 Å². The number of carbonyl (C=O) groups excluding carboxylic acids is 1. The normalized spacial score (nSPS) is 18.8. The molecule has 0 N–H and O–H groups in total. The highest BCUT2D eigenvalue weighted by Crippen LogP contribution is 2.25. The molecule has 2 aromatic rings. The number of aryl methyl sites for hydroxylation is 1. The van der Waals surface area contributed by atoms with Gasteiger partial charge in [-0.05, 0) is 32.6 Å². The lowest BCUT2D eigenvalue weighted by Crippen LogP contribution is -2.42. The Bertz CT molecular complexity index is 744. The number of likely N-dealkylation sites (tertiary alicyclic amines) is 1. The monoisotopic (exact) mass is 340 g/mol. The zero-order valence-corrected chi connectivity index (χ0v) is 14.6. The molecule has 2 aliphatic rings. The van der Waals surface area contributed by atoms with Crippen LogP contribution in [-0.4, -0.2) is 56.5 Å². The zero-order chi connectivity index (χ0) is 17.2. The van der Waals surface area contributed by atoms with Gasteiger partial charge in [-0.2, -0.15) is 0 Å². The van der Waals surface area contributed by atoms with Gasteiger partial charge in [-0.15, -0.1) is 0 Å². The first kappa shape index (κ1) is 16.1. The van der Waals surface area contributed by atoms with Crippen molar-refractivity contribution >= 4 is 11.7 Å². The topological polar surface area (TPSA) is 67.2 Å². The van der Waals surface area contributed by atoms with Crippen LogP contribution >= 0.6 is 0 Å². The van der Waals surface area contributed by atoms with Gasteiger partial charge in [0, 0.05) is 50.6 Å². The smallest absolute Gasteiger partial charge is 0.225 e. The number of imidazole rings is 1. The van der Waals surface area contributed by atoms with Crippen molar-refractivity contribution in [1.82, 2.24) is 24.4 Å². The van der Waals surface area contributed by atoms with Crippen molar-refractivity contribution in [3.8, 4) is 5.82 Å². The number of hydrogen-bond donors (Lipinski definition) is 0. The van der Waals surface area contributed by atoms with Gasteiger partial charge >= 0.3 is 0 Å². The second-order valence-electron chi connectivity index (χ2n) is 6.87. The molecule has 0 saturated carbocycles. The Kier molecular flexibility index (Phi) is 4.38. The fraction of sp³-hybridized carbons (Fsp3) is 0.556. The molecule has 0 aromatic carbocycles. The van der Waals surface area contributed by atoms with Crippen molar-refractivity contribution < 1.29 is 4.79 Å². The molecule has 1 amide bonds. The molecule has 25 heavy (non-hydrogen) atoms. The minimum Gasteiger partial charge on any atom is -0.356 e. The summed E-state index contributed by atoms with van der Waals surface area (Å²) >= 11 is 0. The third-order valence-corrected chi connectivity index (χ3v) is 5.30. The summed E-state index contributed by atoms with van der Waals surface area (Å²) in [7, 11) is 0. The number of anilines is 1. The maximum absolute atomic E-state index is 12.6. The van der Waals surface area contributed by atoms with Crippen LogP contribution < -0.4 is 4.90 Å². The predicted octanol–water partition coefficient (Wildman–Crippen LogP) is 1.81. The van der Waals surface area contributed by atoms with Gasteiger partial charge in [-0.25, -0.2) is 15.0 Å². The van der Waals surface area contributed by atoms with Crippen LogP contribution in [-0.2, 0) is 4.79 Å². The summed E-state index contributed by atoms with van der Waals surface area (Å²) in [5.74, 6) is 3.18. The van der Waals surface area contributed by atoms with E-state index in [0.717, 1.165) is 69.3 Å². The second kappa shape index (κ2) is 6.82. The molecular weight excluding hydrogens is 316 g/mol. The van der Waals surface area contributed by atoms with Crippen LogP contribution in [0, 0.1) is 12.8 Å². The first-order valence-corrected chi connectivity index (χ1v) is 9.08. The minimum absolute atomic E-state index is 0.173. The zero-order valence-electron chi connectivity index (χ0n) is 14.6. The highest BCUT2D eigenvalue weighted by Gasteiger charge is 2.30. The van der Waals surface area contributed by atoms with Crippen molar-refractivity contribution in [2.75, 3.05) is 31.1 Å². The van der Waals surface area contributed by atoms with Crippen LogP contribution in [0.4, 0.5) is 5.82 Å². The molecule has 0 radical (unpaired) electrons. The first-order chi connectivity index (χ1) is 12.2. The fourth-order valence-corrected chi connectivity index (χ4v) is 3.81. The van der Waals surface area contributed by atoms with Gasteiger partial charge in [-0.1, -0.05) is 0 Å². The van der Waals surface area contributed by atoms with Crippen LogP contribution in [0.3, 0.4) is 0 Å². The molecule has 7 nitrogen and oxygen atoms in total. The van der Waals surface area contributed by atoms with E-state index in [1.165, 1.54) is 0 Å². The molecule has 0 spiro atoms. The lowest BCUT2D eigenvalue weighted by atomic mass is 9.95. The summed E-state index contributed by atoms with van der Waals surface area (Å²) in [6, 6.07) is 2.00. The summed E-state index contributed by atoms with van der Waals surface area (Å²) in [6.45, 7) is 5.57. The van der Waals surface area contributed by atoms with E-state index in [0.29, 0.717) is 5.91 Å². The SMILES string of the molecule is Cc1nccn1-c1cc(N2CCC(C(=O)N3CCCC3)CC2)ncn1. The Labute approximate surface area is 147 Å². The quantitative estimate of drug-likeness (QED) is 0.852. The highest BCUT2D eigenvalue weighted by atomic mass is 16.2. The second-order valence-corrected chi connectivity index (χ2v) is 6.87. The molecule has 7 heteroatoms. The molecular formula is C18H24N6O. The summed E-state index contributed by atoms with van der Waals surface area (Å²) in [6.07, 6.45) is 9.39. The van der Waals surface area contributed by atoms with Crippen molar-refractivity contribution in [3.05, 3.63) is 30.6 Å². The lowest BCUT2D eigenvalue weighted by molar-refractivity contribution is -0.135. The van der Waals surface area contributed by atoms with Gasteiger partial charge in [0.1, 0.15) is 23.8 Å². The molecule has 0 unspecified atom stereocenters. The molecule has 2 saturated heterocycles. The van der Waals surface area contributed by atoms with Crippen LogP contribution in [0.15, 0.2) is 24.8 Å². The van der Waals surface area contributed by atoms with E-state index in [1.807, 2.05) is 28.7 Å². The Morgan fingerprint density at radius 1 is 1.04 bits per heavy atom. The molecule has 132 valence electrons. The fourth-order valence-electron chi connectivity index (χ4n) is 3.81. The maximum atomic E-state index is 12.6. The molecule has 2 aromatic heterocycles. The summed E-state index contributed by atoms with van der Waals surface area (Å²) in [5.41, 5.74) is 0. The Hall–Kier alpha value is -2.44. The molecule has 4 rings (SSSR count). The van der Waals surface area contributed by atoms with E-state index in [2.05, 4.69) is 19.9 Å². The molecule has 2 fully saturated rings. The number of carbonyl (C=O) groups is 1. The van der Waals surface area contributed by atoms with Crippen LogP contribution in [0.25, 0.3) is 5.82 Å². The van der Waals surface area contributed by atoms with E-state index < -0.39 is 0 Å². The third-order valence-electron chi connectivity index (χ3n) is 5.30. The standard InChI is InChI=1S/C18H24N6O/c1-14-19-6-11-24(14)17-12-16(20-13-21-17)22-9-4-15(5-10-22)18(25)23-7-2-3-8-23/h6,11-13,15H,2-5,7-10H2,1H3. The van der Waals surface area contributed by atoms with Crippen molar-refractivity contribution in [1.29, 1.82) is 0 Å². The Morgan fingerprint density at radius 3 is 2.44 bits per heavy atom. The van der Waals surface area contributed by atoms with Crippen molar-refractivity contribution in [2.24, 2.45) is 5.92 Å². The average molecular weight is 340 g/mol. The Morgan fingerprint density at radius 2 is 1.76 bits per heavy atom. The van der Waals surface area contributed by atoms with Crippen molar-refractivity contribution in [3.63, 3.8) is 0 Å². The van der Waals surface area contributed by atoms with Crippen molar-refractivity contribution in [2.45, 2.75) is 32.6 Å². The van der Waals surface area contributed by atoms with Crippen LogP contribution in [0.2, 0.25) is 0 Å². The number of hydrogen-bond acceptors (Lipinski definition) is 5. The van der Waals surface area contributed by atoms with E-state index in [-0.39, 0.29) is 5.92 Å². The number of rotatable bonds is 3. The summed E-state index contributed by atoms with van der Waals surface area (Å²) in [5, 5.41) is 0. The third kappa shape index (κ3) is 3.23. The number of piperidine rings is 1. The van der Waals surface area contributed by atoms with Gasteiger partial charge in [0.2, 0.25) is 5.91 Å². The molecule has 0 aliphatic carbocycles. The van der Waals surface area contributed by atoms with Crippen LogP contribution in [0.1, 0.15) is 31.5 Å². The number of amides is 1. The minimum atomic E-state index is 0.173. The van der Waals surface area contributed by atoms with E-state index in [9.17, 15) is 4.79 Å². The van der Waals surface area contributed by atoms with Gasteiger partial charge < -0.3 is 9.80 Å². The largest absolute Gasteiger partial charge is 0.356 e. The molecule has 0 bridgehead atoms. The average Bonchev–Trinajstić information content (AvgIpc) is 3.33. The molecule has 0 atom stereocenters. The van der Waals surface area contributed by atoms with E-state index >= 15 is 0 Å². The van der Waals surface area contributed by atoms with Gasteiger partial charge in [0.25, 0.3) is 0 Å². The van der Waals surface area contributed by atoms with Gasteiger partial charge in [0.15, 0.2) is 0 Å². The van der Waals surface area contributed by atoms with Gasteiger partial charge in [0.05, 0.1) is 0 Å². The first-order valence-electron chi connectivity index (χ1n) is 9.08. The number of nitrogens with zero attached hydrogens (tertiary/aromatic N) is 6. The maximum Gasteiger partial charge on any atom is 0.225 e. The molecule has 2 aliphatic heterocycles. The highest BCUT2D eigenvalue weighted by molar-refractivity contribution is 5.79. The summed E-state index contributed by atoms with van der Waals surface area (Å²) in [4.78, 5) is 29.9.